The lowest BCUT2D eigenvalue weighted by Crippen LogP contribution is -2.15. The van der Waals surface area contributed by atoms with Gasteiger partial charge in [-0.25, -0.2) is 9.18 Å². The van der Waals surface area contributed by atoms with E-state index in [4.69, 9.17) is 9.47 Å². The van der Waals surface area contributed by atoms with Crippen molar-refractivity contribution in [3.63, 3.8) is 0 Å². The molecule has 0 spiro atoms. The second-order valence-corrected chi connectivity index (χ2v) is 8.09. The Kier molecular flexibility index (Phi) is 7.46. The lowest BCUT2D eigenvalue weighted by Gasteiger charge is -2.28. The van der Waals surface area contributed by atoms with Crippen LogP contribution >= 0.6 is 0 Å². The van der Waals surface area contributed by atoms with Gasteiger partial charge in [0.1, 0.15) is 11.3 Å². The van der Waals surface area contributed by atoms with E-state index in [1.54, 1.807) is 19.1 Å². The second kappa shape index (κ2) is 10.1. The third-order valence-corrected chi connectivity index (χ3v) is 5.98. The summed E-state index contributed by atoms with van der Waals surface area (Å²) in [6.45, 7) is 5.64. The van der Waals surface area contributed by atoms with Gasteiger partial charge in [0, 0.05) is 0 Å². The van der Waals surface area contributed by atoms with Crippen LogP contribution in [-0.4, -0.2) is 12.6 Å². The van der Waals surface area contributed by atoms with Crippen LogP contribution in [-0.2, 0) is 0 Å². The van der Waals surface area contributed by atoms with Crippen molar-refractivity contribution in [2.45, 2.75) is 65.2 Å². The minimum Gasteiger partial charge on any atom is -0.491 e. The number of carbonyl (C=O) groups is 1. The van der Waals surface area contributed by atoms with Gasteiger partial charge in [-0.1, -0.05) is 31.9 Å². The van der Waals surface area contributed by atoms with E-state index in [1.165, 1.54) is 57.1 Å². The molecule has 0 atom stereocenters. The predicted octanol–water partition coefficient (Wildman–Crippen LogP) is 6.97. The Balaban J connectivity index is 1.67. The van der Waals surface area contributed by atoms with Gasteiger partial charge in [0.05, 0.1) is 6.61 Å². The van der Waals surface area contributed by atoms with Crippen molar-refractivity contribution in [1.82, 2.24) is 0 Å². The number of carbonyl (C=O) groups excluding carboxylic acids is 1. The summed E-state index contributed by atoms with van der Waals surface area (Å²) in [6, 6.07) is 8.70. The summed E-state index contributed by atoms with van der Waals surface area (Å²) in [6.07, 6.45) is 7.44. The number of hydrogen-bond donors (Lipinski definition) is 0. The van der Waals surface area contributed by atoms with Gasteiger partial charge in [-0.05, 0) is 80.7 Å². The first-order valence-electron chi connectivity index (χ1n) is 10.9. The number of halogens is 2. The second-order valence-electron chi connectivity index (χ2n) is 8.09. The van der Waals surface area contributed by atoms with Crippen molar-refractivity contribution in [1.29, 1.82) is 0 Å². The van der Waals surface area contributed by atoms with E-state index in [1.807, 2.05) is 12.1 Å². The molecule has 0 N–H and O–H groups in total. The van der Waals surface area contributed by atoms with Crippen LogP contribution in [0.25, 0.3) is 0 Å². The molecular weight excluding hydrogens is 386 g/mol. The number of aryl methyl sites for hydroxylation is 1. The predicted molar refractivity (Wildman–Crippen MR) is 113 cm³/mol. The van der Waals surface area contributed by atoms with Gasteiger partial charge in [-0.15, -0.1) is 0 Å². The van der Waals surface area contributed by atoms with Gasteiger partial charge in [0.25, 0.3) is 0 Å². The topological polar surface area (TPSA) is 35.5 Å². The number of hydrogen-bond acceptors (Lipinski definition) is 3. The van der Waals surface area contributed by atoms with E-state index in [0.29, 0.717) is 11.7 Å². The molecule has 0 amide bonds. The molecule has 0 bridgehead atoms. The van der Waals surface area contributed by atoms with Gasteiger partial charge in [0.15, 0.2) is 11.6 Å². The van der Waals surface area contributed by atoms with Crippen LogP contribution in [0.1, 0.15) is 79.8 Å². The molecule has 5 heteroatoms. The van der Waals surface area contributed by atoms with Crippen molar-refractivity contribution in [2.75, 3.05) is 6.61 Å². The Bertz CT molecular complexity index is 869. The van der Waals surface area contributed by atoms with Crippen LogP contribution in [0.4, 0.5) is 8.78 Å². The largest absolute Gasteiger partial charge is 0.491 e. The summed E-state index contributed by atoms with van der Waals surface area (Å²) < 4.78 is 39.0. The molecule has 1 saturated carbocycles. The fourth-order valence-corrected chi connectivity index (χ4v) is 4.39. The highest BCUT2D eigenvalue weighted by molar-refractivity contribution is 5.93. The van der Waals surface area contributed by atoms with Gasteiger partial charge >= 0.3 is 5.97 Å². The number of esters is 1. The highest BCUT2D eigenvalue weighted by atomic mass is 19.2. The highest BCUT2D eigenvalue weighted by Crippen LogP contribution is 2.38. The number of rotatable bonds is 7. The lowest BCUT2D eigenvalue weighted by atomic mass is 9.77. The standard InChI is InChI=1S/C25H30F2O3/c1-4-6-17-7-9-18(10-8-17)19-11-13-20(14-12-19)30-25(28)22-16(3)15-21(29-5-2)23(26)24(22)27/h11-15,17-18H,4-10H2,1-3H3. The summed E-state index contributed by atoms with van der Waals surface area (Å²) in [7, 11) is 0. The molecule has 1 fully saturated rings. The number of benzene rings is 2. The van der Waals surface area contributed by atoms with Gasteiger partial charge in [-0.3, -0.25) is 0 Å². The van der Waals surface area contributed by atoms with Crippen LogP contribution in [0.3, 0.4) is 0 Å². The molecule has 30 heavy (non-hydrogen) atoms. The van der Waals surface area contributed by atoms with E-state index < -0.39 is 23.2 Å². The van der Waals surface area contributed by atoms with Gasteiger partial charge in [0.2, 0.25) is 5.82 Å². The van der Waals surface area contributed by atoms with Crippen molar-refractivity contribution < 1.29 is 23.0 Å². The van der Waals surface area contributed by atoms with Crippen molar-refractivity contribution in [3.8, 4) is 11.5 Å². The molecule has 0 radical (unpaired) electrons. The zero-order chi connectivity index (χ0) is 21.7. The molecule has 3 rings (SSSR count). The SMILES string of the molecule is CCCC1CCC(c2ccc(OC(=O)c3c(C)cc(OCC)c(F)c3F)cc2)CC1. The summed E-state index contributed by atoms with van der Waals surface area (Å²) in [5.74, 6) is -1.85. The maximum atomic E-state index is 14.4. The molecule has 162 valence electrons. The minimum absolute atomic E-state index is 0.201. The fourth-order valence-electron chi connectivity index (χ4n) is 4.39. The quantitative estimate of drug-likeness (QED) is 0.361. The molecule has 2 aromatic rings. The highest BCUT2D eigenvalue weighted by Gasteiger charge is 2.25. The maximum Gasteiger partial charge on any atom is 0.346 e. The van der Waals surface area contributed by atoms with Crippen molar-refractivity contribution >= 4 is 5.97 Å². The Hall–Kier alpha value is -2.43. The molecule has 0 saturated heterocycles. The zero-order valence-electron chi connectivity index (χ0n) is 18.0. The van der Waals surface area contributed by atoms with E-state index in [9.17, 15) is 13.6 Å². The summed E-state index contributed by atoms with van der Waals surface area (Å²) in [5.41, 5.74) is 1.09. The van der Waals surface area contributed by atoms with E-state index >= 15 is 0 Å². The Labute approximate surface area is 177 Å². The normalized spacial score (nSPS) is 18.8. The Morgan fingerprint density at radius 1 is 1.03 bits per heavy atom. The maximum absolute atomic E-state index is 14.4. The third-order valence-electron chi connectivity index (χ3n) is 5.98. The fraction of sp³-hybridized carbons (Fsp3) is 0.480. The minimum atomic E-state index is -1.25. The molecule has 3 nitrogen and oxygen atoms in total. The molecular formula is C25H30F2O3. The van der Waals surface area contributed by atoms with Crippen LogP contribution in [0.2, 0.25) is 0 Å². The summed E-state index contributed by atoms with van der Waals surface area (Å²) >= 11 is 0. The molecule has 0 aliphatic heterocycles. The average molecular weight is 417 g/mol. The third kappa shape index (κ3) is 5.00. The Morgan fingerprint density at radius 2 is 1.70 bits per heavy atom. The smallest absolute Gasteiger partial charge is 0.346 e. The molecule has 0 heterocycles. The molecule has 0 aromatic heterocycles. The number of ether oxygens (including phenoxy) is 2. The molecule has 1 aliphatic carbocycles. The van der Waals surface area contributed by atoms with E-state index in [0.717, 1.165) is 5.92 Å². The first-order valence-corrected chi connectivity index (χ1v) is 10.9. The first-order chi connectivity index (χ1) is 14.4. The van der Waals surface area contributed by atoms with Crippen LogP contribution in [0.5, 0.6) is 11.5 Å². The lowest BCUT2D eigenvalue weighted by molar-refractivity contribution is 0.0727. The summed E-state index contributed by atoms with van der Waals surface area (Å²) in [4.78, 5) is 12.5. The van der Waals surface area contributed by atoms with Gasteiger partial charge in [-0.2, -0.15) is 4.39 Å². The van der Waals surface area contributed by atoms with E-state index in [-0.39, 0.29) is 17.9 Å². The molecule has 2 aromatic carbocycles. The van der Waals surface area contributed by atoms with Crippen LogP contribution in [0.15, 0.2) is 30.3 Å². The first kappa shape index (κ1) is 22.3. The van der Waals surface area contributed by atoms with Gasteiger partial charge < -0.3 is 9.47 Å². The van der Waals surface area contributed by atoms with Crippen molar-refractivity contribution in [3.05, 3.63) is 58.7 Å². The van der Waals surface area contributed by atoms with Crippen molar-refractivity contribution in [2.24, 2.45) is 5.92 Å². The molecule has 1 aliphatic rings. The van der Waals surface area contributed by atoms with Crippen LogP contribution < -0.4 is 9.47 Å². The van der Waals surface area contributed by atoms with Crippen LogP contribution in [0, 0.1) is 24.5 Å². The zero-order valence-corrected chi connectivity index (χ0v) is 18.0. The molecule has 0 unspecified atom stereocenters. The summed E-state index contributed by atoms with van der Waals surface area (Å²) in [5, 5.41) is 0. The van der Waals surface area contributed by atoms with E-state index in [2.05, 4.69) is 6.92 Å². The monoisotopic (exact) mass is 416 g/mol. The average Bonchev–Trinajstić information content (AvgIpc) is 2.73. The Morgan fingerprint density at radius 3 is 2.30 bits per heavy atom.